The molecule has 2 aromatic rings. The van der Waals surface area contributed by atoms with Crippen molar-refractivity contribution in [3.8, 4) is 5.69 Å². The van der Waals surface area contributed by atoms with Crippen molar-refractivity contribution in [2.45, 2.75) is 33.3 Å². The van der Waals surface area contributed by atoms with Gasteiger partial charge in [-0.3, -0.25) is 5.32 Å². The Labute approximate surface area is 121 Å². The van der Waals surface area contributed by atoms with Crippen LogP contribution in [0, 0.1) is 6.92 Å². The minimum absolute atomic E-state index is 0.305. The molecule has 7 nitrogen and oxygen atoms in total. The fraction of sp³-hybridized carbons (Fsp3) is 0.357. The lowest BCUT2D eigenvalue weighted by Crippen LogP contribution is -2.27. The van der Waals surface area contributed by atoms with Crippen molar-refractivity contribution in [1.82, 2.24) is 14.8 Å². The third-order valence-electron chi connectivity index (χ3n) is 2.61. The van der Waals surface area contributed by atoms with Crippen LogP contribution in [-0.2, 0) is 4.74 Å². The molecule has 0 saturated heterocycles. The van der Waals surface area contributed by atoms with Gasteiger partial charge in [0.15, 0.2) is 0 Å². The highest BCUT2D eigenvalue weighted by atomic mass is 16.6. The summed E-state index contributed by atoms with van der Waals surface area (Å²) in [6, 6.07) is 6.82. The number of hydrogen-bond acceptors (Lipinski definition) is 4. The van der Waals surface area contributed by atoms with Crippen molar-refractivity contribution >= 4 is 11.8 Å². The lowest BCUT2D eigenvalue weighted by molar-refractivity contribution is 0.0636. The van der Waals surface area contributed by atoms with Gasteiger partial charge < -0.3 is 4.74 Å². The van der Waals surface area contributed by atoms with Crippen molar-refractivity contribution in [3.63, 3.8) is 0 Å². The van der Waals surface area contributed by atoms with Gasteiger partial charge in [-0.15, -0.1) is 0 Å². The van der Waals surface area contributed by atoms with Gasteiger partial charge in [0.25, 0.3) is 0 Å². The molecule has 1 aromatic heterocycles. The average Bonchev–Trinajstić information content (AvgIpc) is 2.68. The summed E-state index contributed by atoms with van der Waals surface area (Å²) in [5.74, 6) is 0.563. The Kier molecular flexibility index (Phi) is 3.84. The lowest BCUT2D eigenvalue weighted by Gasteiger charge is -2.19. The number of aromatic amines is 1. The van der Waals surface area contributed by atoms with Gasteiger partial charge in [-0.2, -0.15) is 5.10 Å². The van der Waals surface area contributed by atoms with E-state index in [1.807, 2.05) is 0 Å². The smallest absolute Gasteiger partial charge is 0.412 e. The molecule has 0 aliphatic carbocycles. The molecule has 2 rings (SSSR count). The highest BCUT2D eigenvalue weighted by molar-refractivity contribution is 5.84. The van der Waals surface area contributed by atoms with Gasteiger partial charge in [0.05, 0.1) is 5.69 Å². The maximum Gasteiger partial charge on any atom is 0.412 e. The minimum atomic E-state index is -0.550. The fourth-order valence-electron chi connectivity index (χ4n) is 1.80. The number of rotatable bonds is 2. The summed E-state index contributed by atoms with van der Waals surface area (Å²) < 4.78 is 6.60. The van der Waals surface area contributed by atoms with Gasteiger partial charge in [0, 0.05) is 5.69 Å². The van der Waals surface area contributed by atoms with Crippen molar-refractivity contribution in [1.29, 1.82) is 0 Å². The molecule has 1 aromatic carbocycles. The quantitative estimate of drug-likeness (QED) is 0.887. The van der Waals surface area contributed by atoms with Crippen LogP contribution in [0.15, 0.2) is 29.1 Å². The van der Waals surface area contributed by atoms with Crippen molar-refractivity contribution in [2.24, 2.45) is 0 Å². The number of benzene rings is 1. The monoisotopic (exact) mass is 290 g/mol. The Bertz CT molecular complexity index is 692. The average molecular weight is 290 g/mol. The molecule has 7 heteroatoms. The molecule has 1 amide bonds. The van der Waals surface area contributed by atoms with Crippen LogP contribution in [0.5, 0.6) is 0 Å². The van der Waals surface area contributed by atoms with Crippen molar-refractivity contribution in [2.75, 3.05) is 5.32 Å². The first kappa shape index (κ1) is 14.8. The second kappa shape index (κ2) is 5.43. The molecule has 0 unspecified atom stereocenters. The summed E-state index contributed by atoms with van der Waals surface area (Å²) in [4.78, 5) is 23.3. The van der Waals surface area contributed by atoms with Crippen LogP contribution < -0.4 is 11.0 Å². The lowest BCUT2D eigenvalue weighted by atomic mass is 10.2. The van der Waals surface area contributed by atoms with Crippen LogP contribution >= 0.6 is 0 Å². The van der Waals surface area contributed by atoms with Gasteiger partial charge >= 0.3 is 11.8 Å². The normalized spacial score (nSPS) is 11.2. The Hall–Kier alpha value is -2.57. The third-order valence-corrected chi connectivity index (χ3v) is 2.61. The second-order valence-corrected chi connectivity index (χ2v) is 5.59. The van der Waals surface area contributed by atoms with E-state index < -0.39 is 11.7 Å². The molecule has 0 saturated carbocycles. The van der Waals surface area contributed by atoms with Crippen molar-refractivity contribution < 1.29 is 9.53 Å². The fourth-order valence-corrected chi connectivity index (χ4v) is 1.80. The summed E-state index contributed by atoms with van der Waals surface area (Å²) >= 11 is 0. The minimum Gasteiger partial charge on any atom is -0.444 e. The summed E-state index contributed by atoms with van der Waals surface area (Å²) in [6.07, 6.45) is -0.521. The Balaban J connectivity index is 2.13. The zero-order valence-electron chi connectivity index (χ0n) is 12.4. The molecule has 0 radical (unpaired) electrons. The molecule has 0 atom stereocenters. The summed E-state index contributed by atoms with van der Waals surface area (Å²) in [5.41, 5.74) is 0.397. The van der Waals surface area contributed by atoms with Crippen molar-refractivity contribution in [3.05, 3.63) is 40.6 Å². The van der Waals surface area contributed by atoms with Crippen LogP contribution in [0.1, 0.15) is 26.6 Å². The van der Waals surface area contributed by atoms with E-state index in [-0.39, 0.29) is 5.69 Å². The number of nitrogens with one attached hydrogen (secondary N) is 2. The second-order valence-electron chi connectivity index (χ2n) is 5.59. The Morgan fingerprint density at radius 3 is 2.38 bits per heavy atom. The van der Waals surface area contributed by atoms with Crippen LogP contribution in [0.3, 0.4) is 0 Å². The standard InChI is InChI=1S/C14H18N4O3/c1-9-16-17-12(19)18(9)11-7-5-10(6-8-11)15-13(20)21-14(2,3)4/h5-8H,1-4H3,(H,15,20)(H,17,19). The topological polar surface area (TPSA) is 89.0 Å². The van der Waals surface area contributed by atoms with E-state index >= 15 is 0 Å². The van der Waals surface area contributed by atoms with Crippen LogP contribution in [0.25, 0.3) is 5.69 Å². The van der Waals surface area contributed by atoms with Crippen LogP contribution in [0.4, 0.5) is 10.5 Å². The zero-order valence-corrected chi connectivity index (χ0v) is 12.4. The number of carbonyl (C=O) groups is 1. The Morgan fingerprint density at radius 1 is 1.29 bits per heavy atom. The summed E-state index contributed by atoms with van der Waals surface area (Å²) in [5, 5.41) is 8.84. The van der Waals surface area contributed by atoms with E-state index in [1.165, 1.54) is 4.57 Å². The zero-order chi connectivity index (χ0) is 15.6. The number of amides is 1. The highest BCUT2D eigenvalue weighted by Gasteiger charge is 2.16. The maximum absolute atomic E-state index is 11.6. The van der Waals surface area contributed by atoms with E-state index in [1.54, 1.807) is 52.0 Å². The first-order valence-electron chi connectivity index (χ1n) is 6.51. The predicted octanol–water partition coefficient (Wildman–Crippen LogP) is 2.22. The van der Waals surface area contributed by atoms with E-state index in [4.69, 9.17) is 4.74 Å². The molecule has 0 bridgehead atoms. The summed E-state index contributed by atoms with van der Waals surface area (Å²) in [6.45, 7) is 7.11. The first-order chi connectivity index (χ1) is 9.76. The number of H-pyrrole nitrogens is 1. The molecule has 0 aliphatic heterocycles. The molecule has 1 heterocycles. The molecular formula is C14H18N4O3. The molecular weight excluding hydrogens is 272 g/mol. The number of nitrogens with zero attached hydrogens (tertiary/aromatic N) is 2. The molecule has 0 aliphatic rings. The van der Waals surface area contributed by atoms with Gasteiger partial charge in [-0.05, 0) is 52.0 Å². The number of anilines is 1. The van der Waals surface area contributed by atoms with E-state index in [0.29, 0.717) is 17.2 Å². The Morgan fingerprint density at radius 2 is 1.90 bits per heavy atom. The molecule has 21 heavy (non-hydrogen) atoms. The SMILES string of the molecule is Cc1n[nH]c(=O)n1-c1ccc(NC(=O)OC(C)(C)C)cc1. The van der Waals surface area contributed by atoms with Gasteiger partial charge in [0.1, 0.15) is 11.4 Å². The molecule has 0 fully saturated rings. The van der Waals surface area contributed by atoms with Gasteiger partial charge in [0.2, 0.25) is 0 Å². The number of hydrogen-bond donors (Lipinski definition) is 2. The number of aryl methyl sites for hydroxylation is 1. The number of ether oxygens (including phenoxy) is 1. The maximum atomic E-state index is 11.6. The third kappa shape index (κ3) is 3.71. The van der Waals surface area contributed by atoms with Crippen LogP contribution in [-0.4, -0.2) is 26.5 Å². The predicted molar refractivity (Wildman–Crippen MR) is 78.8 cm³/mol. The number of carbonyl (C=O) groups excluding carboxylic acids is 1. The number of aromatic nitrogens is 3. The highest BCUT2D eigenvalue weighted by Crippen LogP contribution is 2.14. The first-order valence-corrected chi connectivity index (χ1v) is 6.51. The largest absolute Gasteiger partial charge is 0.444 e. The van der Waals surface area contributed by atoms with E-state index in [9.17, 15) is 9.59 Å². The van der Waals surface area contributed by atoms with Crippen LogP contribution in [0.2, 0.25) is 0 Å². The molecule has 0 spiro atoms. The molecule has 112 valence electrons. The van der Waals surface area contributed by atoms with Gasteiger partial charge in [-0.25, -0.2) is 19.3 Å². The van der Waals surface area contributed by atoms with E-state index in [2.05, 4.69) is 15.5 Å². The van der Waals surface area contributed by atoms with Gasteiger partial charge in [-0.1, -0.05) is 0 Å². The molecule has 2 N–H and O–H groups in total. The van der Waals surface area contributed by atoms with E-state index in [0.717, 1.165) is 0 Å². The summed E-state index contributed by atoms with van der Waals surface area (Å²) in [7, 11) is 0.